The molecule has 3 N–H and O–H groups in total. The van der Waals surface area contributed by atoms with Crippen LogP contribution in [0.25, 0.3) is 0 Å². The first kappa shape index (κ1) is 12.5. The van der Waals surface area contributed by atoms with E-state index >= 15 is 0 Å². The van der Waals surface area contributed by atoms with Crippen LogP contribution in [0.15, 0.2) is 18.2 Å². The van der Waals surface area contributed by atoms with E-state index in [1.165, 1.54) is 6.07 Å². The van der Waals surface area contributed by atoms with Gasteiger partial charge >= 0.3 is 0 Å². The fourth-order valence-electron chi connectivity index (χ4n) is 2.96. The van der Waals surface area contributed by atoms with Crippen LogP contribution in [0.4, 0.5) is 4.39 Å². The van der Waals surface area contributed by atoms with Gasteiger partial charge in [0.2, 0.25) is 0 Å². The van der Waals surface area contributed by atoms with E-state index < -0.39 is 0 Å². The fourth-order valence-corrected chi connectivity index (χ4v) is 2.96. The summed E-state index contributed by atoms with van der Waals surface area (Å²) in [6, 6.07) is 4.93. The van der Waals surface area contributed by atoms with Crippen LogP contribution < -0.4 is 5.73 Å². The van der Waals surface area contributed by atoms with E-state index in [4.69, 9.17) is 5.73 Å². The average Bonchev–Trinajstić information content (AvgIpc) is 2.31. The minimum atomic E-state index is -0.200. The molecule has 0 spiro atoms. The molecule has 0 radical (unpaired) electrons. The second-order valence-electron chi connectivity index (χ2n) is 5.17. The Bertz CT molecular complexity index is 397. The summed E-state index contributed by atoms with van der Waals surface area (Å²) in [6.45, 7) is 2.49. The lowest BCUT2D eigenvalue weighted by Crippen LogP contribution is -2.40. The van der Waals surface area contributed by atoms with Crippen LogP contribution in [-0.4, -0.2) is 17.8 Å². The van der Waals surface area contributed by atoms with Crippen LogP contribution in [0, 0.1) is 12.7 Å². The van der Waals surface area contributed by atoms with Crippen LogP contribution in [-0.2, 0) is 5.41 Å². The summed E-state index contributed by atoms with van der Waals surface area (Å²) in [5, 5.41) is 9.60. The predicted octanol–water partition coefficient (Wildman–Crippen LogP) is 2.27. The lowest BCUT2D eigenvalue weighted by atomic mass is 9.67. The highest BCUT2D eigenvalue weighted by molar-refractivity contribution is 5.35. The number of halogens is 1. The molecule has 0 aromatic heterocycles. The van der Waals surface area contributed by atoms with Crippen LogP contribution in [0.2, 0.25) is 0 Å². The van der Waals surface area contributed by atoms with Gasteiger partial charge in [-0.3, -0.25) is 0 Å². The van der Waals surface area contributed by atoms with Gasteiger partial charge in [0.15, 0.2) is 0 Å². The highest BCUT2D eigenvalue weighted by Gasteiger charge is 2.36. The number of aliphatic hydroxyl groups excluding tert-OH is 1. The summed E-state index contributed by atoms with van der Waals surface area (Å²) in [6.07, 6.45) is 3.14. The first-order valence-electron chi connectivity index (χ1n) is 6.22. The summed E-state index contributed by atoms with van der Waals surface area (Å²) >= 11 is 0. The van der Waals surface area contributed by atoms with Crippen molar-refractivity contribution in [3.63, 3.8) is 0 Å². The van der Waals surface area contributed by atoms with Crippen molar-refractivity contribution >= 4 is 0 Å². The number of rotatable bonds is 2. The molecule has 1 aliphatic carbocycles. The number of nitrogens with two attached hydrogens (primary N) is 1. The molecule has 94 valence electrons. The number of aryl methyl sites for hydroxylation is 1. The summed E-state index contributed by atoms with van der Waals surface area (Å²) in [7, 11) is 0. The van der Waals surface area contributed by atoms with Gasteiger partial charge in [-0.05, 0) is 55.9 Å². The molecular weight excluding hydrogens is 217 g/mol. The number of hydrogen-bond donors (Lipinski definition) is 2. The van der Waals surface area contributed by atoms with Crippen molar-refractivity contribution in [3.8, 4) is 0 Å². The Morgan fingerprint density at radius 1 is 1.41 bits per heavy atom. The molecule has 1 aliphatic rings. The van der Waals surface area contributed by atoms with E-state index in [0.29, 0.717) is 6.54 Å². The van der Waals surface area contributed by atoms with Crippen molar-refractivity contribution in [2.24, 2.45) is 5.73 Å². The van der Waals surface area contributed by atoms with E-state index in [1.807, 2.05) is 13.0 Å². The summed E-state index contributed by atoms with van der Waals surface area (Å²) < 4.78 is 13.1. The van der Waals surface area contributed by atoms with E-state index in [0.717, 1.165) is 36.8 Å². The van der Waals surface area contributed by atoms with Gasteiger partial charge in [0, 0.05) is 12.0 Å². The van der Waals surface area contributed by atoms with Gasteiger partial charge in [-0.25, -0.2) is 4.39 Å². The molecule has 0 amide bonds. The van der Waals surface area contributed by atoms with E-state index in [2.05, 4.69) is 0 Å². The summed E-state index contributed by atoms with van der Waals surface area (Å²) in [5.74, 6) is -0.200. The van der Waals surface area contributed by atoms with Crippen molar-refractivity contribution in [2.45, 2.75) is 44.1 Å². The van der Waals surface area contributed by atoms with Crippen LogP contribution in [0.5, 0.6) is 0 Å². The van der Waals surface area contributed by atoms with Crippen LogP contribution in [0.3, 0.4) is 0 Å². The molecule has 1 fully saturated rings. The molecule has 0 heterocycles. The Morgan fingerprint density at radius 3 is 2.59 bits per heavy atom. The molecule has 0 bridgehead atoms. The second-order valence-corrected chi connectivity index (χ2v) is 5.17. The minimum Gasteiger partial charge on any atom is -0.393 e. The third-order valence-corrected chi connectivity index (χ3v) is 4.06. The monoisotopic (exact) mass is 237 g/mol. The third kappa shape index (κ3) is 2.35. The molecule has 0 aliphatic heterocycles. The molecule has 1 aromatic rings. The zero-order chi connectivity index (χ0) is 12.5. The van der Waals surface area contributed by atoms with Gasteiger partial charge in [0.05, 0.1) is 6.10 Å². The van der Waals surface area contributed by atoms with Crippen molar-refractivity contribution < 1.29 is 9.50 Å². The SMILES string of the molecule is Cc1cc(F)ccc1C1(CN)CCC(O)CC1. The Balaban J connectivity index is 2.34. The molecular formula is C14H20FNO. The molecule has 1 saturated carbocycles. The Morgan fingerprint density at radius 2 is 2.06 bits per heavy atom. The lowest BCUT2D eigenvalue weighted by Gasteiger charge is -2.39. The first-order chi connectivity index (χ1) is 8.07. The molecule has 1 aromatic carbocycles. The van der Waals surface area contributed by atoms with Gasteiger partial charge in [-0.2, -0.15) is 0 Å². The van der Waals surface area contributed by atoms with Crippen molar-refractivity contribution in [2.75, 3.05) is 6.54 Å². The van der Waals surface area contributed by atoms with Gasteiger partial charge in [0.1, 0.15) is 5.82 Å². The zero-order valence-corrected chi connectivity index (χ0v) is 10.2. The average molecular weight is 237 g/mol. The van der Waals surface area contributed by atoms with Crippen LogP contribution in [0.1, 0.15) is 36.8 Å². The maximum atomic E-state index is 13.1. The normalized spacial score (nSPS) is 29.3. The molecule has 2 nitrogen and oxygen atoms in total. The second kappa shape index (κ2) is 4.75. The van der Waals surface area contributed by atoms with E-state index in [-0.39, 0.29) is 17.3 Å². The minimum absolute atomic E-state index is 0.0724. The lowest BCUT2D eigenvalue weighted by molar-refractivity contribution is 0.0972. The maximum absolute atomic E-state index is 13.1. The van der Waals surface area contributed by atoms with Gasteiger partial charge in [-0.1, -0.05) is 6.07 Å². The topological polar surface area (TPSA) is 46.2 Å². The quantitative estimate of drug-likeness (QED) is 0.828. The molecule has 2 rings (SSSR count). The number of hydrogen-bond acceptors (Lipinski definition) is 2. The molecule has 3 heteroatoms. The summed E-state index contributed by atoms with van der Waals surface area (Å²) in [4.78, 5) is 0. The van der Waals surface area contributed by atoms with Crippen molar-refractivity contribution in [1.29, 1.82) is 0 Å². The Labute approximate surface area is 102 Å². The fraction of sp³-hybridized carbons (Fsp3) is 0.571. The smallest absolute Gasteiger partial charge is 0.123 e. The number of aliphatic hydroxyl groups is 1. The van der Waals surface area contributed by atoms with Crippen molar-refractivity contribution in [1.82, 2.24) is 0 Å². The zero-order valence-electron chi connectivity index (χ0n) is 10.2. The van der Waals surface area contributed by atoms with E-state index in [1.54, 1.807) is 6.07 Å². The summed E-state index contributed by atoms with van der Waals surface area (Å²) in [5.41, 5.74) is 7.99. The van der Waals surface area contributed by atoms with Gasteiger partial charge in [-0.15, -0.1) is 0 Å². The molecule has 0 unspecified atom stereocenters. The first-order valence-corrected chi connectivity index (χ1v) is 6.22. The largest absolute Gasteiger partial charge is 0.393 e. The van der Waals surface area contributed by atoms with Crippen molar-refractivity contribution in [3.05, 3.63) is 35.1 Å². The maximum Gasteiger partial charge on any atom is 0.123 e. The van der Waals surface area contributed by atoms with Crippen LogP contribution >= 0.6 is 0 Å². The van der Waals surface area contributed by atoms with Gasteiger partial charge in [0.25, 0.3) is 0 Å². The molecule has 0 saturated heterocycles. The highest BCUT2D eigenvalue weighted by Crippen LogP contribution is 2.40. The Hall–Kier alpha value is -0.930. The molecule has 0 atom stereocenters. The number of benzene rings is 1. The third-order valence-electron chi connectivity index (χ3n) is 4.06. The Kier molecular flexibility index (Phi) is 3.50. The highest BCUT2D eigenvalue weighted by atomic mass is 19.1. The van der Waals surface area contributed by atoms with Gasteiger partial charge < -0.3 is 10.8 Å². The standard InChI is InChI=1S/C14H20FNO/c1-10-8-11(15)2-3-13(10)14(9-16)6-4-12(17)5-7-14/h2-3,8,12,17H,4-7,9,16H2,1H3. The van der Waals surface area contributed by atoms with E-state index in [9.17, 15) is 9.50 Å². The molecule has 17 heavy (non-hydrogen) atoms. The predicted molar refractivity (Wildman–Crippen MR) is 66.3 cm³/mol.